The van der Waals surface area contributed by atoms with Crippen molar-refractivity contribution in [2.24, 2.45) is 5.92 Å². The number of hydrogen-bond donors (Lipinski definition) is 0. The van der Waals surface area contributed by atoms with E-state index in [0.29, 0.717) is 0 Å². The Morgan fingerprint density at radius 1 is 0.811 bits per heavy atom. The van der Waals surface area contributed by atoms with Gasteiger partial charge in [0, 0.05) is 0 Å². The van der Waals surface area contributed by atoms with E-state index in [1.165, 1.54) is 106 Å². The van der Waals surface area contributed by atoms with Gasteiger partial charge in [-0.05, 0) is 86.5 Å². The van der Waals surface area contributed by atoms with Crippen LogP contribution < -0.4 is 0 Å². The van der Waals surface area contributed by atoms with E-state index in [1.807, 2.05) is 19.9 Å². The molecule has 1 aromatic rings. The molecule has 0 heterocycles. The molecule has 37 heavy (non-hydrogen) atoms. The van der Waals surface area contributed by atoms with Gasteiger partial charge in [-0.3, -0.25) is 0 Å². The summed E-state index contributed by atoms with van der Waals surface area (Å²) in [7, 11) is 0. The van der Waals surface area contributed by atoms with Crippen LogP contribution in [0.15, 0.2) is 72.9 Å². The number of allylic oxidation sites excluding steroid dienone is 6. The second kappa shape index (κ2) is 28.7. The van der Waals surface area contributed by atoms with Crippen LogP contribution in [0.4, 0.5) is 0 Å². The number of aryl methyl sites for hydroxylation is 2. The molecule has 0 N–H and O–H groups in total. The van der Waals surface area contributed by atoms with E-state index in [1.54, 1.807) is 0 Å². The lowest BCUT2D eigenvalue weighted by atomic mass is 9.93. The monoisotopic (exact) mass is 509 g/mol. The van der Waals surface area contributed by atoms with E-state index < -0.39 is 0 Å². The maximum absolute atomic E-state index is 3.92. The Morgan fingerprint density at radius 3 is 1.86 bits per heavy atom. The summed E-state index contributed by atoms with van der Waals surface area (Å²) in [6, 6.07) is 8.49. The predicted octanol–water partition coefficient (Wildman–Crippen LogP) is 12.9. The largest absolute Gasteiger partial charge is 0.103 e. The third-order valence-corrected chi connectivity index (χ3v) is 6.91. The molecule has 0 fully saturated rings. The highest BCUT2D eigenvalue weighted by atomic mass is 14.1. The van der Waals surface area contributed by atoms with Gasteiger partial charge in [-0.2, -0.15) is 0 Å². The molecule has 0 aliphatic heterocycles. The minimum absolute atomic E-state index is 0.986. The maximum atomic E-state index is 3.92. The van der Waals surface area contributed by atoms with Crippen LogP contribution >= 0.6 is 0 Å². The molecule has 0 spiro atoms. The standard InChI is InChI=1S/C14H22.C12H24.C9H12.C2H6/c1-3-5-10-14-12-9-7-6-8-11-13(14)4-2;1-4-7-8-11-12(9-5-2)10-6-3;1-3-9-7-5-4-6-8(9)2;1-2/h4-5,10H,2-3,6-9,11-12H2,1H3;4,12H,1,5-11H2,2-3H3;4-7H,3H2,1-2H3;1-2H3/b10-5-,14-13-;;;. The lowest BCUT2D eigenvalue weighted by molar-refractivity contribution is 0.401. The fourth-order valence-corrected chi connectivity index (χ4v) is 4.80. The molecule has 1 aliphatic rings. The van der Waals surface area contributed by atoms with E-state index in [4.69, 9.17) is 0 Å². The van der Waals surface area contributed by atoms with Crippen molar-refractivity contribution in [1.29, 1.82) is 0 Å². The normalized spacial score (nSPS) is 15.2. The van der Waals surface area contributed by atoms with Crippen LogP contribution in [0.5, 0.6) is 0 Å². The molecule has 0 unspecified atom stereocenters. The van der Waals surface area contributed by atoms with Gasteiger partial charge in [0.25, 0.3) is 0 Å². The third-order valence-electron chi connectivity index (χ3n) is 6.91. The van der Waals surface area contributed by atoms with Crippen LogP contribution in [-0.4, -0.2) is 0 Å². The topological polar surface area (TPSA) is 0 Å². The molecule has 212 valence electrons. The Morgan fingerprint density at radius 2 is 1.41 bits per heavy atom. The molecule has 0 heteroatoms. The molecule has 0 saturated heterocycles. The molecule has 0 bridgehead atoms. The molecular weight excluding hydrogens is 444 g/mol. The van der Waals surface area contributed by atoms with Crippen LogP contribution in [0.1, 0.15) is 143 Å². The molecule has 0 amide bonds. The number of benzene rings is 1. The fraction of sp³-hybridized carbons (Fsp3) is 0.622. The summed E-state index contributed by atoms with van der Waals surface area (Å²) in [5.74, 6) is 0.986. The Kier molecular flexibility index (Phi) is 29.0. The van der Waals surface area contributed by atoms with Crippen molar-refractivity contribution in [1.82, 2.24) is 0 Å². The number of hydrogen-bond acceptors (Lipinski definition) is 0. The van der Waals surface area contributed by atoms with Crippen molar-refractivity contribution in [3.05, 3.63) is 84.0 Å². The average Bonchev–Trinajstić information content (AvgIpc) is 2.91. The third kappa shape index (κ3) is 20.9. The average molecular weight is 509 g/mol. The van der Waals surface area contributed by atoms with Gasteiger partial charge < -0.3 is 0 Å². The molecular formula is C37H64. The van der Waals surface area contributed by atoms with Crippen LogP contribution in [0.25, 0.3) is 0 Å². The van der Waals surface area contributed by atoms with Crippen LogP contribution in [0.3, 0.4) is 0 Å². The zero-order valence-corrected chi connectivity index (χ0v) is 26.2. The first-order valence-corrected chi connectivity index (χ1v) is 15.7. The first kappa shape index (κ1) is 37.3. The minimum atomic E-state index is 0.986. The van der Waals surface area contributed by atoms with Gasteiger partial charge in [0.2, 0.25) is 0 Å². The van der Waals surface area contributed by atoms with E-state index in [9.17, 15) is 0 Å². The molecule has 0 saturated carbocycles. The van der Waals surface area contributed by atoms with Crippen LogP contribution in [0.2, 0.25) is 0 Å². The molecule has 1 aliphatic carbocycles. The molecule has 2 rings (SSSR count). The summed E-state index contributed by atoms with van der Waals surface area (Å²) in [5, 5.41) is 0. The molecule has 0 nitrogen and oxygen atoms in total. The van der Waals surface area contributed by atoms with Gasteiger partial charge in [0.1, 0.15) is 0 Å². The zero-order valence-electron chi connectivity index (χ0n) is 26.2. The number of rotatable bonds is 12. The van der Waals surface area contributed by atoms with E-state index in [-0.39, 0.29) is 0 Å². The Hall–Kier alpha value is -1.82. The quantitative estimate of drug-likeness (QED) is 0.194. The Balaban J connectivity index is 0. The fourth-order valence-electron chi connectivity index (χ4n) is 4.80. The van der Waals surface area contributed by atoms with E-state index in [0.717, 1.165) is 18.8 Å². The highest BCUT2D eigenvalue weighted by Crippen LogP contribution is 2.24. The summed E-state index contributed by atoms with van der Waals surface area (Å²) < 4.78 is 0. The van der Waals surface area contributed by atoms with Crippen LogP contribution in [0, 0.1) is 12.8 Å². The smallest absolute Gasteiger partial charge is 0.0276 e. The summed E-state index contributed by atoms with van der Waals surface area (Å²) in [4.78, 5) is 0. The van der Waals surface area contributed by atoms with Gasteiger partial charge >= 0.3 is 0 Å². The molecule has 1 aromatic carbocycles. The molecule has 0 radical (unpaired) electrons. The SMILES string of the molecule is C=C/C1=C(\C=C/CC)CCCCCC1.C=CCCCC(CCC)CCC.CC.CCc1ccccc1C. The van der Waals surface area contributed by atoms with Gasteiger partial charge in [-0.25, -0.2) is 0 Å². The first-order valence-electron chi connectivity index (χ1n) is 15.7. The highest BCUT2D eigenvalue weighted by molar-refractivity contribution is 5.32. The Labute approximate surface area is 234 Å². The molecule has 0 aromatic heterocycles. The van der Waals surface area contributed by atoms with Gasteiger partial charge in [-0.1, -0.05) is 142 Å². The predicted molar refractivity (Wildman–Crippen MR) is 174 cm³/mol. The highest BCUT2D eigenvalue weighted by Gasteiger charge is 2.06. The van der Waals surface area contributed by atoms with Crippen molar-refractivity contribution in [2.45, 2.75) is 145 Å². The van der Waals surface area contributed by atoms with Crippen molar-refractivity contribution < 1.29 is 0 Å². The van der Waals surface area contributed by atoms with Crippen molar-refractivity contribution in [3.8, 4) is 0 Å². The van der Waals surface area contributed by atoms with Crippen molar-refractivity contribution in [3.63, 3.8) is 0 Å². The van der Waals surface area contributed by atoms with Gasteiger partial charge in [0.15, 0.2) is 0 Å². The lowest BCUT2D eigenvalue weighted by Gasteiger charge is -2.13. The van der Waals surface area contributed by atoms with E-state index >= 15 is 0 Å². The van der Waals surface area contributed by atoms with Gasteiger partial charge in [0.05, 0.1) is 0 Å². The first-order chi connectivity index (χ1) is 18.1. The number of unbranched alkanes of at least 4 members (excludes halogenated alkanes) is 1. The van der Waals surface area contributed by atoms with E-state index in [2.05, 4.69) is 90.3 Å². The van der Waals surface area contributed by atoms with Crippen LogP contribution in [-0.2, 0) is 6.42 Å². The van der Waals surface area contributed by atoms with Crippen molar-refractivity contribution in [2.75, 3.05) is 0 Å². The zero-order chi connectivity index (χ0) is 28.2. The molecule has 0 atom stereocenters. The van der Waals surface area contributed by atoms with Crippen molar-refractivity contribution >= 4 is 0 Å². The summed E-state index contributed by atoms with van der Waals surface area (Å²) >= 11 is 0. The second-order valence-corrected chi connectivity index (χ2v) is 9.92. The maximum Gasteiger partial charge on any atom is -0.0276 e. The summed E-state index contributed by atoms with van der Waals surface area (Å²) in [5.41, 5.74) is 5.87. The second-order valence-electron chi connectivity index (χ2n) is 9.92. The Bertz CT molecular complexity index is 697. The minimum Gasteiger partial charge on any atom is -0.103 e. The summed E-state index contributed by atoms with van der Waals surface area (Å²) in [6.45, 7) is 22.8. The summed E-state index contributed by atoms with van der Waals surface area (Å²) in [6.07, 6.45) is 28.4. The lowest BCUT2D eigenvalue weighted by Crippen LogP contribution is -1.99. The van der Waals surface area contributed by atoms with Gasteiger partial charge in [-0.15, -0.1) is 6.58 Å².